The minimum Gasteiger partial charge on any atom is -0.480 e. The number of carbonyl (C=O) groups excluding carboxylic acids is 1. The van der Waals surface area contributed by atoms with Gasteiger partial charge in [0.25, 0.3) is 0 Å². The van der Waals surface area contributed by atoms with E-state index in [0.717, 1.165) is 0 Å². The number of carboxylic acids is 1. The van der Waals surface area contributed by atoms with Gasteiger partial charge in [-0.1, -0.05) is 0 Å². The number of hydrogen-bond donors (Lipinski definition) is 2. The van der Waals surface area contributed by atoms with Crippen molar-refractivity contribution in [3.8, 4) is 0 Å². The molecular weight excluding hydrogens is 240 g/mol. The third-order valence-electron chi connectivity index (χ3n) is 2.74. The summed E-state index contributed by atoms with van der Waals surface area (Å²) in [6, 6.07) is -1.55. The molecule has 2 rings (SSSR count). The number of fused-ring (bicyclic) bond motifs is 1. The number of carbonyl (C=O) groups is 2. The fraction of sp³-hybridized carbons (Fsp3) is 0.750. The molecule has 1 amide bonds. The monoisotopic (exact) mass is 250 g/mol. The zero-order valence-corrected chi connectivity index (χ0v) is 9.59. The first-order valence-corrected chi connectivity index (χ1v) is 5.90. The second-order valence-electron chi connectivity index (χ2n) is 3.99. The normalized spacial score (nSPS) is 44.6. The Balaban J connectivity index is 2.30. The van der Waals surface area contributed by atoms with Crippen molar-refractivity contribution in [2.24, 2.45) is 5.73 Å². The summed E-state index contributed by atoms with van der Waals surface area (Å²) < 4.78 is 0. The van der Waals surface area contributed by atoms with Crippen molar-refractivity contribution in [3.63, 3.8) is 0 Å². The molecule has 0 saturated carbocycles. The van der Waals surface area contributed by atoms with Crippen LogP contribution in [-0.4, -0.2) is 50.0 Å². The minimum atomic E-state index is -1.07. The Kier molecular flexibility index (Phi) is 2.40. The highest BCUT2D eigenvalue weighted by molar-refractivity contribution is 8.00. The minimum absolute atomic E-state index is 0.231. The quantitative estimate of drug-likeness (QED) is 0.492. The molecule has 2 heterocycles. The number of thioether (sulfide) groups is 1. The van der Waals surface area contributed by atoms with Gasteiger partial charge in [0, 0.05) is 5.75 Å². The van der Waals surface area contributed by atoms with E-state index in [-0.39, 0.29) is 11.3 Å². The molecule has 2 saturated heterocycles. The van der Waals surface area contributed by atoms with Gasteiger partial charge in [-0.05, 0) is 6.92 Å². The third kappa shape index (κ3) is 1.43. The van der Waals surface area contributed by atoms with E-state index in [9.17, 15) is 9.59 Å². The van der Waals surface area contributed by atoms with Gasteiger partial charge in [0.15, 0.2) is 0 Å². The van der Waals surface area contributed by atoms with Gasteiger partial charge in [-0.3, -0.25) is 4.79 Å². The first-order valence-electron chi connectivity index (χ1n) is 4.47. The number of aliphatic carboxylic acids is 1. The lowest BCUT2D eigenvalue weighted by Gasteiger charge is -2.54. The van der Waals surface area contributed by atoms with Crippen molar-refractivity contribution in [2.45, 2.75) is 29.3 Å². The third-order valence-corrected chi connectivity index (χ3v) is 4.87. The van der Waals surface area contributed by atoms with Crippen molar-refractivity contribution in [2.75, 3.05) is 5.75 Å². The van der Waals surface area contributed by atoms with Crippen LogP contribution in [0.1, 0.15) is 6.92 Å². The van der Waals surface area contributed by atoms with Crippen molar-refractivity contribution >= 4 is 35.2 Å². The predicted molar refractivity (Wildman–Crippen MR) is 56.7 cm³/mol. The molecule has 3 unspecified atom stereocenters. The summed E-state index contributed by atoms with van der Waals surface area (Å²) >= 11 is 7.54. The first kappa shape index (κ1) is 11.0. The summed E-state index contributed by atoms with van der Waals surface area (Å²) in [4.78, 5) is 22.9. The number of amides is 1. The summed E-state index contributed by atoms with van der Waals surface area (Å²) in [5.74, 6) is -0.919. The summed E-state index contributed by atoms with van der Waals surface area (Å²) in [5.41, 5.74) is 5.58. The number of β-lactam (4-membered cyclic amide) rings is 1. The molecule has 0 bridgehead atoms. The molecule has 7 heteroatoms. The lowest BCUT2D eigenvalue weighted by Crippen LogP contribution is -2.76. The van der Waals surface area contributed by atoms with E-state index in [4.69, 9.17) is 22.4 Å². The van der Waals surface area contributed by atoms with Gasteiger partial charge in [0.05, 0.1) is 4.87 Å². The molecule has 2 fully saturated rings. The Morgan fingerprint density at radius 1 is 1.80 bits per heavy atom. The molecule has 0 spiro atoms. The van der Waals surface area contributed by atoms with E-state index < -0.39 is 22.9 Å². The lowest BCUT2D eigenvalue weighted by molar-refractivity contribution is -0.161. The van der Waals surface area contributed by atoms with E-state index in [1.54, 1.807) is 6.92 Å². The van der Waals surface area contributed by atoms with Crippen LogP contribution in [0.25, 0.3) is 0 Å². The maximum absolute atomic E-state index is 11.5. The molecule has 2 aliphatic rings. The number of nitrogens with zero attached hydrogens (tertiary/aromatic N) is 1. The van der Waals surface area contributed by atoms with E-state index in [1.165, 1.54) is 16.7 Å². The van der Waals surface area contributed by atoms with Crippen LogP contribution in [0.5, 0.6) is 0 Å². The molecule has 0 aliphatic carbocycles. The highest BCUT2D eigenvalue weighted by Gasteiger charge is 2.59. The van der Waals surface area contributed by atoms with Gasteiger partial charge in [-0.15, -0.1) is 23.4 Å². The van der Waals surface area contributed by atoms with Crippen LogP contribution in [0.2, 0.25) is 0 Å². The molecule has 3 N–H and O–H groups in total. The molecule has 0 aromatic rings. The van der Waals surface area contributed by atoms with E-state index in [0.29, 0.717) is 5.75 Å². The molecule has 15 heavy (non-hydrogen) atoms. The fourth-order valence-corrected chi connectivity index (χ4v) is 3.71. The molecule has 84 valence electrons. The highest BCUT2D eigenvalue weighted by atomic mass is 35.5. The Morgan fingerprint density at radius 2 is 2.40 bits per heavy atom. The van der Waals surface area contributed by atoms with Gasteiger partial charge >= 0.3 is 5.97 Å². The number of carboxylic acid groups (broad SMARTS) is 1. The summed E-state index contributed by atoms with van der Waals surface area (Å²) in [7, 11) is 0. The summed E-state index contributed by atoms with van der Waals surface area (Å²) in [6.45, 7) is 1.63. The molecule has 5 nitrogen and oxygen atoms in total. The fourth-order valence-electron chi connectivity index (χ4n) is 1.96. The van der Waals surface area contributed by atoms with Gasteiger partial charge in [0.2, 0.25) is 5.91 Å². The van der Waals surface area contributed by atoms with Crippen molar-refractivity contribution in [1.29, 1.82) is 0 Å². The van der Waals surface area contributed by atoms with E-state index >= 15 is 0 Å². The average Bonchev–Trinajstić information content (AvgIpc) is 2.14. The standard InChI is InChI=1S/C8H11ClN2O3S/c1-8(9)2-15-6-3(10)5(12)11(6)4(8)7(13)14/h3-4,6H,2,10H2,1H3,(H,13,14)/t3?,4?,6-,8?/m1/s1. The number of alkyl halides is 1. The van der Waals surface area contributed by atoms with Crippen LogP contribution in [0.3, 0.4) is 0 Å². The van der Waals surface area contributed by atoms with Crippen molar-refractivity contribution in [3.05, 3.63) is 0 Å². The topological polar surface area (TPSA) is 83.6 Å². The lowest BCUT2D eigenvalue weighted by atomic mass is 9.94. The Hall–Kier alpha value is -0.460. The van der Waals surface area contributed by atoms with Crippen LogP contribution in [0.15, 0.2) is 0 Å². The number of nitrogens with two attached hydrogens (primary N) is 1. The molecular formula is C8H11ClN2O3S. The van der Waals surface area contributed by atoms with E-state index in [1.807, 2.05) is 0 Å². The van der Waals surface area contributed by atoms with Crippen LogP contribution in [-0.2, 0) is 9.59 Å². The maximum atomic E-state index is 11.5. The van der Waals surface area contributed by atoms with E-state index in [2.05, 4.69) is 0 Å². The van der Waals surface area contributed by atoms with Crippen LogP contribution in [0, 0.1) is 0 Å². The zero-order valence-electron chi connectivity index (χ0n) is 8.01. The molecule has 0 aromatic heterocycles. The largest absolute Gasteiger partial charge is 0.480 e. The van der Waals surface area contributed by atoms with Crippen LogP contribution in [0.4, 0.5) is 0 Å². The number of halogens is 1. The SMILES string of the molecule is CC1(Cl)CS[C@@H]2C(N)C(=O)N2C1C(=O)O. The van der Waals surface area contributed by atoms with Gasteiger partial charge in [-0.25, -0.2) is 4.79 Å². The second-order valence-corrected chi connectivity index (χ2v) is 5.96. The van der Waals surface area contributed by atoms with Crippen molar-refractivity contribution in [1.82, 2.24) is 4.90 Å². The predicted octanol–water partition coefficient (Wildman–Crippen LogP) is -0.321. The van der Waals surface area contributed by atoms with Gasteiger partial charge in [0.1, 0.15) is 17.5 Å². The van der Waals surface area contributed by atoms with Crippen LogP contribution < -0.4 is 5.73 Å². The molecule has 4 atom stereocenters. The molecule has 0 radical (unpaired) electrons. The number of hydrogen-bond acceptors (Lipinski definition) is 4. The average molecular weight is 251 g/mol. The maximum Gasteiger partial charge on any atom is 0.328 e. The molecule has 0 aromatic carbocycles. The zero-order chi connectivity index (χ0) is 11.4. The second kappa shape index (κ2) is 3.26. The Morgan fingerprint density at radius 3 is 2.93 bits per heavy atom. The van der Waals surface area contributed by atoms with Gasteiger partial charge < -0.3 is 15.7 Å². The Labute approximate surface area is 95.9 Å². The first-order chi connectivity index (χ1) is 6.86. The smallest absolute Gasteiger partial charge is 0.328 e. The summed E-state index contributed by atoms with van der Waals surface area (Å²) in [5, 5.41) is 8.84. The number of rotatable bonds is 1. The van der Waals surface area contributed by atoms with Crippen molar-refractivity contribution < 1.29 is 14.7 Å². The molecule has 2 aliphatic heterocycles. The highest BCUT2D eigenvalue weighted by Crippen LogP contribution is 2.44. The van der Waals surface area contributed by atoms with Gasteiger partial charge in [-0.2, -0.15) is 0 Å². The van der Waals surface area contributed by atoms with Crippen LogP contribution >= 0.6 is 23.4 Å². The summed E-state index contributed by atoms with van der Waals surface area (Å²) in [6.07, 6.45) is 0. The Bertz CT molecular complexity index is 336.